The number of carbonyl (C=O) groups is 1. The molecule has 0 atom stereocenters. The van der Waals surface area contributed by atoms with Gasteiger partial charge in [0.2, 0.25) is 5.78 Å². The number of carbonyl (C=O) groups excluding carboxylic acids is 1. The molecule has 4 rings (SSSR count). The molecular weight excluding hydrogens is 381 g/mol. The van der Waals surface area contributed by atoms with Crippen LogP contribution in [0.3, 0.4) is 0 Å². The third-order valence-electron chi connectivity index (χ3n) is 4.38. The predicted octanol–water partition coefficient (Wildman–Crippen LogP) is 4.98. The summed E-state index contributed by atoms with van der Waals surface area (Å²) in [6.07, 6.45) is -0.914. The number of hydrogen-bond acceptors (Lipinski definition) is 3. The van der Waals surface area contributed by atoms with Crippen molar-refractivity contribution in [3.63, 3.8) is 0 Å². The van der Waals surface area contributed by atoms with Crippen molar-refractivity contribution in [1.82, 2.24) is 14.4 Å². The molecule has 0 fully saturated rings. The summed E-state index contributed by atoms with van der Waals surface area (Å²) in [5.41, 5.74) is 1.33. The maximum atomic E-state index is 13.1. The van der Waals surface area contributed by atoms with E-state index in [0.717, 1.165) is 23.4 Å². The Balaban J connectivity index is 1.56. The number of aryl methyl sites for hydroxylation is 1. The molecule has 0 aliphatic carbocycles. The zero-order valence-corrected chi connectivity index (χ0v) is 15.2. The van der Waals surface area contributed by atoms with Crippen LogP contribution in [0.15, 0.2) is 67.0 Å². The number of hydrogen-bond donors (Lipinski definition) is 1. The second-order valence-corrected chi connectivity index (χ2v) is 6.48. The van der Waals surface area contributed by atoms with Crippen LogP contribution in [0.1, 0.15) is 21.6 Å². The summed E-state index contributed by atoms with van der Waals surface area (Å²) in [4.78, 5) is 21.2. The Morgan fingerprint density at radius 2 is 1.72 bits per heavy atom. The lowest BCUT2D eigenvalue weighted by atomic mass is 10.1. The van der Waals surface area contributed by atoms with Gasteiger partial charge in [-0.15, -0.1) is 0 Å². The van der Waals surface area contributed by atoms with Crippen molar-refractivity contribution >= 4 is 17.4 Å². The summed E-state index contributed by atoms with van der Waals surface area (Å²) in [7, 11) is 0. The van der Waals surface area contributed by atoms with Gasteiger partial charge in [-0.2, -0.15) is 13.2 Å². The molecule has 0 aliphatic rings. The Hall–Kier alpha value is -3.68. The van der Waals surface area contributed by atoms with Crippen LogP contribution in [-0.2, 0) is 6.18 Å². The highest BCUT2D eigenvalue weighted by Gasteiger charge is 2.34. The number of anilines is 1. The lowest BCUT2D eigenvalue weighted by Crippen LogP contribution is -2.18. The molecule has 2 aromatic heterocycles. The van der Waals surface area contributed by atoms with Crippen molar-refractivity contribution in [2.24, 2.45) is 0 Å². The van der Waals surface area contributed by atoms with Gasteiger partial charge in [0.1, 0.15) is 0 Å². The van der Waals surface area contributed by atoms with E-state index in [2.05, 4.69) is 15.3 Å². The van der Waals surface area contributed by atoms with Gasteiger partial charge >= 0.3 is 6.18 Å². The van der Waals surface area contributed by atoms with Crippen LogP contribution in [0, 0.1) is 6.92 Å². The fourth-order valence-electron chi connectivity index (χ4n) is 2.95. The zero-order chi connectivity index (χ0) is 20.6. The van der Waals surface area contributed by atoms with Crippen LogP contribution < -0.4 is 5.32 Å². The van der Waals surface area contributed by atoms with E-state index >= 15 is 0 Å². The maximum absolute atomic E-state index is 13.1. The molecule has 146 valence electrons. The monoisotopic (exact) mass is 396 g/mol. The van der Waals surface area contributed by atoms with Crippen molar-refractivity contribution in [3.8, 4) is 11.3 Å². The minimum atomic E-state index is -4.60. The quantitative estimate of drug-likeness (QED) is 0.532. The molecule has 0 unspecified atom stereocenters. The number of rotatable bonds is 3. The molecule has 5 nitrogen and oxygen atoms in total. The van der Waals surface area contributed by atoms with Crippen LogP contribution in [0.4, 0.5) is 18.9 Å². The molecule has 1 N–H and O–H groups in total. The van der Waals surface area contributed by atoms with Gasteiger partial charge in [0.05, 0.1) is 16.8 Å². The van der Waals surface area contributed by atoms with E-state index in [4.69, 9.17) is 0 Å². The van der Waals surface area contributed by atoms with Crippen molar-refractivity contribution in [3.05, 3.63) is 83.8 Å². The van der Waals surface area contributed by atoms with Gasteiger partial charge in [0, 0.05) is 29.3 Å². The normalized spacial score (nSPS) is 11.6. The SMILES string of the molecule is Cc1ccn2cc(-c3ccc(NC(=O)c4ccccc4C(F)(F)F)cc3)nc2n1. The highest BCUT2D eigenvalue weighted by molar-refractivity contribution is 6.05. The Labute approximate surface area is 163 Å². The van der Waals surface area contributed by atoms with Crippen LogP contribution in [0.25, 0.3) is 17.0 Å². The number of nitrogens with one attached hydrogen (secondary N) is 1. The highest BCUT2D eigenvalue weighted by atomic mass is 19.4. The van der Waals surface area contributed by atoms with E-state index in [1.165, 1.54) is 12.1 Å². The minimum absolute atomic E-state index is 0.383. The minimum Gasteiger partial charge on any atom is -0.322 e. The molecule has 0 radical (unpaired) electrons. The molecule has 0 spiro atoms. The largest absolute Gasteiger partial charge is 0.417 e. The van der Waals surface area contributed by atoms with Gasteiger partial charge in [-0.25, -0.2) is 9.97 Å². The van der Waals surface area contributed by atoms with Crippen LogP contribution in [-0.4, -0.2) is 20.3 Å². The number of amides is 1. The van der Waals surface area contributed by atoms with Gasteiger partial charge in [-0.05, 0) is 37.3 Å². The number of alkyl halides is 3. The second-order valence-electron chi connectivity index (χ2n) is 6.48. The summed E-state index contributed by atoms with van der Waals surface area (Å²) in [6, 6.07) is 13.3. The zero-order valence-electron chi connectivity index (χ0n) is 15.2. The lowest BCUT2D eigenvalue weighted by Gasteiger charge is -2.12. The van der Waals surface area contributed by atoms with Crippen molar-refractivity contribution in [1.29, 1.82) is 0 Å². The molecule has 2 aromatic carbocycles. The number of imidazole rings is 1. The first kappa shape index (κ1) is 18.7. The third-order valence-corrected chi connectivity index (χ3v) is 4.38. The van der Waals surface area contributed by atoms with Gasteiger partial charge in [-0.3, -0.25) is 9.20 Å². The molecule has 0 saturated carbocycles. The second kappa shape index (κ2) is 7.05. The Morgan fingerprint density at radius 1 is 1.00 bits per heavy atom. The molecule has 0 bridgehead atoms. The van der Waals surface area contributed by atoms with Gasteiger partial charge in [0.25, 0.3) is 5.91 Å². The van der Waals surface area contributed by atoms with E-state index in [1.807, 2.05) is 25.4 Å². The number of halogens is 3. The van der Waals surface area contributed by atoms with Gasteiger partial charge in [-0.1, -0.05) is 24.3 Å². The van der Waals surface area contributed by atoms with E-state index in [-0.39, 0.29) is 0 Å². The Bertz CT molecular complexity index is 1200. The standard InChI is InChI=1S/C21H15F3N4O/c1-13-10-11-28-12-18(27-20(28)25-13)14-6-8-15(9-7-14)26-19(29)16-4-2-3-5-17(16)21(22,23)24/h2-12H,1H3,(H,26,29). The summed E-state index contributed by atoms with van der Waals surface area (Å²) in [5.74, 6) is -0.251. The van der Waals surface area contributed by atoms with Crippen molar-refractivity contribution in [2.75, 3.05) is 5.32 Å². The number of aromatic nitrogens is 3. The molecule has 0 aliphatic heterocycles. The summed E-state index contributed by atoms with van der Waals surface area (Å²) in [6.45, 7) is 1.88. The van der Waals surface area contributed by atoms with E-state index < -0.39 is 23.2 Å². The fraction of sp³-hybridized carbons (Fsp3) is 0.0952. The predicted molar refractivity (Wildman–Crippen MR) is 103 cm³/mol. The van der Waals surface area contributed by atoms with Crippen LogP contribution in [0.2, 0.25) is 0 Å². The topological polar surface area (TPSA) is 59.3 Å². The van der Waals surface area contributed by atoms with Crippen molar-refractivity contribution in [2.45, 2.75) is 13.1 Å². The number of fused-ring (bicyclic) bond motifs is 1. The molecule has 8 heteroatoms. The summed E-state index contributed by atoms with van der Waals surface area (Å²) >= 11 is 0. The average Bonchev–Trinajstić information content (AvgIpc) is 3.11. The molecule has 2 heterocycles. The third kappa shape index (κ3) is 3.82. The van der Waals surface area contributed by atoms with E-state index in [1.54, 1.807) is 28.7 Å². The maximum Gasteiger partial charge on any atom is 0.417 e. The van der Waals surface area contributed by atoms with E-state index in [9.17, 15) is 18.0 Å². The molecule has 29 heavy (non-hydrogen) atoms. The average molecular weight is 396 g/mol. The molecular formula is C21H15F3N4O. The van der Waals surface area contributed by atoms with Crippen LogP contribution >= 0.6 is 0 Å². The summed E-state index contributed by atoms with van der Waals surface area (Å²) < 4.78 is 41.1. The van der Waals surface area contributed by atoms with E-state index in [0.29, 0.717) is 17.2 Å². The fourth-order valence-corrected chi connectivity index (χ4v) is 2.95. The first-order valence-electron chi connectivity index (χ1n) is 8.71. The first-order chi connectivity index (χ1) is 13.8. The number of benzene rings is 2. The first-order valence-corrected chi connectivity index (χ1v) is 8.71. The summed E-state index contributed by atoms with van der Waals surface area (Å²) in [5, 5.41) is 2.51. The number of nitrogens with zero attached hydrogens (tertiary/aromatic N) is 3. The Morgan fingerprint density at radius 3 is 2.45 bits per heavy atom. The van der Waals surface area contributed by atoms with Gasteiger partial charge < -0.3 is 5.32 Å². The highest BCUT2D eigenvalue weighted by Crippen LogP contribution is 2.32. The molecule has 1 amide bonds. The lowest BCUT2D eigenvalue weighted by molar-refractivity contribution is -0.137. The van der Waals surface area contributed by atoms with Gasteiger partial charge in [0.15, 0.2) is 0 Å². The molecule has 0 saturated heterocycles. The molecule has 4 aromatic rings. The van der Waals surface area contributed by atoms with Crippen LogP contribution in [0.5, 0.6) is 0 Å². The Kier molecular flexibility index (Phi) is 4.54. The van der Waals surface area contributed by atoms with Crippen molar-refractivity contribution < 1.29 is 18.0 Å². The smallest absolute Gasteiger partial charge is 0.322 e.